The summed E-state index contributed by atoms with van der Waals surface area (Å²) in [6, 6.07) is 5.16. The Balaban J connectivity index is 1.95. The fourth-order valence-electron chi connectivity index (χ4n) is 2.44. The number of halogens is 1. The molecule has 0 saturated carbocycles. The molecule has 3 rings (SSSR count). The fourth-order valence-corrected chi connectivity index (χ4v) is 2.71. The van der Waals surface area contributed by atoms with E-state index in [9.17, 15) is 0 Å². The smallest absolute Gasteiger partial charge is 0.259 e. The van der Waals surface area contributed by atoms with E-state index < -0.39 is 5.60 Å². The van der Waals surface area contributed by atoms with Gasteiger partial charge in [-0.05, 0) is 18.2 Å². The zero-order chi connectivity index (χ0) is 14.9. The maximum absolute atomic E-state index is 6.17. The molecule has 2 heterocycles. The third kappa shape index (κ3) is 2.62. The largest absolute Gasteiger partial charge is 0.399 e. The molecule has 2 N–H and O–H groups in total. The molecule has 0 bridgehead atoms. The van der Waals surface area contributed by atoms with Gasteiger partial charge in [-0.1, -0.05) is 16.8 Å². The minimum atomic E-state index is -0.555. The fraction of sp³-hybridized carbons (Fsp3) is 0.429. The molecule has 1 saturated heterocycles. The first-order valence-electron chi connectivity index (χ1n) is 6.67. The number of nitrogens with two attached hydrogens (primary N) is 1. The lowest BCUT2D eigenvalue weighted by molar-refractivity contribution is -0.101. The van der Waals surface area contributed by atoms with Crippen LogP contribution in [0.3, 0.4) is 0 Å². The van der Waals surface area contributed by atoms with Crippen LogP contribution in [0.15, 0.2) is 22.7 Å². The number of hydrogen-bond acceptors (Lipinski definition) is 6. The summed E-state index contributed by atoms with van der Waals surface area (Å²) in [6.07, 6.45) is 1.38. The van der Waals surface area contributed by atoms with Crippen molar-refractivity contribution in [2.75, 3.05) is 26.1 Å². The highest BCUT2D eigenvalue weighted by atomic mass is 35.5. The summed E-state index contributed by atoms with van der Waals surface area (Å²) in [6.45, 7) is 1.22. The molecule has 1 aromatic heterocycles. The molecule has 112 valence electrons. The van der Waals surface area contributed by atoms with E-state index in [0.717, 1.165) is 0 Å². The molecule has 21 heavy (non-hydrogen) atoms. The molecule has 0 unspecified atom stereocenters. The normalized spacial score (nSPS) is 17.8. The van der Waals surface area contributed by atoms with E-state index in [2.05, 4.69) is 10.1 Å². The molecule has 0 radical (unpaired) electrons. The van der Waals surface area contributed by atoms with E-state index in [1.54, 1.807) is 25.3 Å². The average molecular weight is 310 g/mol. The molecule has 2 aromatic rings. The quantitative estimate of drug-likeness (QED) is 0.877. The Kier molecular flexibility index (Phi) is 3.84. The number of nitrogen functional groups attached to an aromatic ring is 1. The van der Waals surface area contributed by atoms with E-state index in [-0.39, 0.29) is 0 Å². The maximum atomic E-state index is 6.17. The molecule has 7 heteroatoms. The third-order valence-corrected chi connectivity index (χ3v) is 4.06. The Morgan fingerprint density at radius 2 is 2.10 bits per heavy atom. The van der Waals surface area contributed by atoms with E-state index >= 15 is 0 Å². The van der Waals surface area contributed by atoms with Gasteiger partial charge in [-0.3, -0.25) is 0 Å². The number of rotatable bonds is 3. The number of benzene rings is 1. The van der Waals surface area contributed by atoms with Crippen molar-refractivity contribution in [3.8, 4) is 11.5 Å². The van der Waals surface area contributed by atoms with Gasteiger partial charge in [0.25, 0.3) is 5.89 Å². The van der Waals surface area contributed by atoms with Crippen molar-refractivity contribution < 1.29 is 14.0 Å². The van der Waals surface area contributed by atoms with Crippen molar-refractivity contribution in [3.63, 3.8) is 0 Å². The van der Waals surface area contributed by atoms with Gasteiger partial charge in [0.2, 0.25) is 5.82 Å². The van der Waals surface area contributed by atoms with Gasteiger partial charge in [0.05, 0.1) is 10.6 Å². The lowest BCUT2D eigenvalue weighted by Gasteiger charge is -2.32. The topological polar surface area (TPSA) is 83.4 Å². The van der Waals surface area contributed by atoms with Crippen molar-refractivity contribution in [2.45, 2.75) is 18.4 Å². The van der Waals surface area contributed by atoms with Crippen LogP contribution in [0, 0.1) is 0 Å². The molecule has 0 atom stereocenters. The zero-order valence-electron chi connectivity index (χ0n) is 11.6. The van der Waals surface area contributed by atoms with Crippen LogP contribution in [0.4, 0.5) is 5.69 Å². The molecule has 0 amide bonds. The Bertz CT molecular complexity index is 638. The molecular weight excluding hydrogens is 294 g/mol. The summed E-state index contributed by atoms with van der Waals surface area (Å²) in [5, 5.41) is 4.54. The summed E-state index contributed by atoms with van der Waals surface area (Å²) in [4.78, 5) is 4.45. The molecule has 0 aliphatic carbocycles. The Morgan fingerprint density at radius 3 is 2.76 bits per heavy atom. The zero-order valence-corrected chi connectivity index (χ0v) is 12.4. The van der Waals surface area contributed by atoms with Gasteiger partial charge in [0.15, 0.2) is 0 Å². The van der Waals surface area contributed by atoms with E-state index in [1.807, 2.05) is 0 Å². The highest BCUT2D eigenvalue weighted by Gasteiger charge is 2.39. The van der Waals surface area contributed by atoms with Crippen LogP contribution in [-0.4, -0.2) is 30.5 Å². The minimum Gasteiger partial charge on any atom is -0.399 e. The van der Waals surface area contributed by atoms with E-state index in [4.69, 9.17) is 31.3 Å². The van der Waals surface area contributed by atoms with Crippen LogP contribution < -0.4 is 5.73 Å². The van der Waals surface area contributed by atoms with Crippen LogP contribution in [-0.2, 0) is 15.1 Å². The molecule has 1 aromatic carbocycles. The van der Waals surface area contributed by atoms with Crippen molar-refractivity contribution in [2.24, 2.45) is 0 Å². The second-order valence-electron chi connectivity index (χ2n) is 4.97. The molecule has 1 aliphatic heterocycles. The standard InChI is InChI=1S/C14H16ClN3O3/c1-19-14(4-6-20-7-5-14)13-17-12(21-18-13)10-3-2-9(16)8-11(10)15/h2-3,8H,4-7,16H2,1H3. The lowest BCUT2D eigenvalue weighted by atomic mass is 9.93. The minimum absolute atomic E-state index is 0.359. The van der Waals surface area contributed by atoms with Crippen molar-refractivity contribution in [1.29, 1.82) is 0 Å². The SMILES string of the molecule is COC1(c2noc(-c3ccc(N)cc3Cl)n2)CCOCC1. The predicted octanol–water partition coefficient (Wildman–Crippen LogP) is 2.62. The van der Waals surface area contributed by atoms with Gasteiger partial charge in [0.1, 0.15) is 5.60 Å². The van der Waals surface area contributed by atoms with Crippen molar-refractivity contribution >= 4 is 17.3 Å². The van der Waals surface area contributed by atoms with Gasteiger partial charge in [-0.2, -0.15) is 4.98 Å². The number of anilines is 1. The first-order valence-corrected chi connectivity index (χ1v) is 7.05. The summed E-state index contributed by atoms with van der Waals surface area (Å²) in [5.74, 6) is 0.883. The van der Waals surface area contributed by atoms with Gasteiger partial charge < -0.3 is 19.7 Å². The number of ether oxygens (including phenoxy) is 2. The van der Waals surface area contributed by atoms with Gasteiger partial charge >= 0.3 is 0 Å². The Hall–Kier alpha value is -1.63. The summed E-state index contributed by atoms with van der Waals surface area (Å²) in [7, 11) is 1.65. The van der Waals surface area contributed by atoms with Crippen LogP contribution in [0.5, 0.6) is 0 Å². The van der Waals surface area contributed by atoms with Gasteiger partial charge in [-0.25, -0.2) is 0 Å². The number of hydrogen-bond donors (Lipinski definition) is 1. The van der Waals surface area contributed by atoms with Crippen LogP contribution in [0.25, 0.3) is 11.5 Å². The van der Waals surface area contributed by atoms with Crippen LogP contribution in [0.2, 0.25) is 5.02 Å². The highest BCUT2D eigenvalue weighted by Crippen LogP contribution is 2.36. The molecule has 1 aliphatic rings. The predicted molar refractivity (Wildman–Crippen MR) is 77.9 cm³/mol. The molecular formula is C14H16ClN3O3. The number of aromatic nitrogens is 2. The first kappa shape index (κ1) is 14.3. The first-order chi connectivity index (χ1) is 10.1. The molecule has 0 spiro atoms. The maximum Gasteiger partial charge on any atom is 0.259 e. The number of nitrogens with zero attached hydrogens (tertiary/aromatic N) is 2. The van der Waals surface area contributed by atoms with E-state index in [1.165, 1.54) is 0 Å². The van der Waals surface area contributed by atoms with E-state index in [0.29, 0.717) is 54.0 Å². The average Bonchev–Trinajstić information content (AvgIpc) is 2.98. The Labute approximate surface area is 127 Å². The summed E-state index contributed by atoms with van der Waals surface area (Å²) >= 11 is 6.17. The van der Waals surface area contributed by atoms with Crippen molar-refractivity contribution in [3.05, 3.63) is 29.0 Å². The van der Waals surface area contributed by atoms with Crippen LogP contribution in [0.1, 0.15) is 18.7 Å². The second kappa shape index (κ2) is 5.63. The molecule has 1 fully saturated rings. The summed E-state index contributed by atoms with van der Waals surface area (Å²) in [5.41, 5.74) is 6.37. The van der Waals surface area contributed by atoms with Gasteiger partial charge in [-0.15, -0.1) is 0 Å². The second-order valence-corrected chi connectivity index (χ2v) is 5.38. The van der Waals surface area contributed by atoms with Crippen LogP contribution >= 0.6 is 11.6 Å². The monoisotopic (exact) mass is 309 g/mol. The summed E-state index contributed by atoms with van der Waals surface area (Å²) < 4.78 is 16.4. The molecule has 6 nitrogen and oxygen atoms in total. The Morgan fingerprint density at radius 1 is 1.33 bits per heavy atom. The third-order valence-electron chi connectivity index (χ3n) is 3.75. The highest BCUT2D eigenvalue weighted by molar-refractivity contribution is 6.33. The number of methoxy groups -OCH3 is 1. The van der Waals surface area contributed by atoms with Crippen molar-refractivity contribution in [1.82, 2.24) is 10.1 Å². The van der Waals surface area contributed by atoms with Gasteiger partial charge in [0, 0.05) is 38.9 Å². The lowest BCUT2D eigenvalue weighted by Crippen LogP contribution is -2.36.